The summed E-state index contributed by atoms with van der Waals surface area (Å²) in [5.41, 5.74) is 3.46. The Hall–Kier alpha value is -3.68. The monoisotopic (exact) mass is 470 g/mol. The van der Waals surface area contributed by atoms with E-state index < -0.39 is 6.10 Å². The van der Waals surface area contributed by atoms with E-state index in [4.69, 9.17) is 4.74 Å². The second kappa shape index (κ2) is 9.90. The van der Waals surface area contributed by atoms with Crippen LogP contribution in [0.4, 0.5) is 0 Å². The number of nitrogens with zero attached hydrogens (tertiary/aromatic N) is 3. The number of carbonyl (C=O) groups excluding carboxylic acids is 1. The van der Waals surface area contributed by atoms with Gasteiger partial charge < -0.3 is 19.7 Å². The summed E-state index contributed by atoms with van der Waals surface area (Å²) in [6.07, 6.45) is 3.67. The van der Waals surface area contributed by atoms with Crippen LogP contribution in [0, 0.1) is 6.92 Å². The van der Waals surface area contributed by atoms with Crippen LogP contribution in [-0.2, 0) is 6.54 Å². The number of fused-ring (bicyclic) bond motifs is 1. The number of piperidine rings is 1. The van der Waals surface area contributed by atoms with E-state index >= 15 is 0 Å². The van der Waals surface area contributed by atoms with Crippen LogP contribution in [0.15, 0.2) is 73.2 Å². The number of methoxy groups -OCH3 is 1. The molecule has 7 heteroatoms. The van der Waals surface area contributed by atoms with Crippen molar-refractivity contribution in [3.05, 3.63) is 90.0 Å². The van der Waals surface area contributed by atoms with Gasteiger partial charge >= 0.3 is 0 Å². The van der Waals surface area contributed by atoms with Gasteiger partial charge in [0.25, 0.3) is 5.91 Å². The van der Waals surface area contributed by atoms with Crippen molar-refractivity contribution < 1.29 is 14.6 Å². The molecule has 0 spiro atoms. The van der Waals surface area contributed by atoms with Crippen molar-refractivity contribution in [1.82, 2.24) is 19.8 Å². The highest BCUT2D eigenvalue weighted by atomic mass is 16.5. The van der Waals surface area contributed by atoms with Gasteiger partial charge in [0.2, 0.25) is 0 Å². The lowest BCUT2D eigenvalue weighted by atomic mass is 10.00. The molecule has 2 unspecified atom stereocenters. The van der Waals surface area contributed by atoms with E-state index in [0.29, 0.717) is 30.8 Å². The number of hydrogen-bond acceptors (Lipinski definition) is 5. The van der Waals surface area contributed by atoms with E-state index in [9.17, 15) is 9.90 Å². The Morgan fingerprint density at radius 3 is 2.77 bits per heavy atom. The van der Waals surface area contributed by atoms with Crippen LogP contribution < -0.4 is 10.1 Å². The number of nitrogens with one attached hydrogen (secondary N) is 1. The summed E-state index contributed by atoms with van der Waals surface area (Å²) >= 11 is 0. The number of imidazole rings is 1. The summed E-state index contributed by atoms with van der Waals surface area (Å²) in [7, 11) is 1.59. The van der Waals surface area contributed by atoms with Crippen molar-refractivity contribution in [2.24, 2.45) is 0 Å². The molecule has 7 nitrogen and oxygen atoms in total. The summed E-state index contributed by atoms with van der Waals surface area (Å²) in [6.45, 7) is 3.91. The van der Waals surface area contributed by atoms with Crippen LogP contribution in [0.25, 0.3) is 16.5 Å². The predicted molar refractivity (Wildman–Crippen MR) is 136 cm³/mol. The summed E-state index contributed by atoms with van der Waals surface area (Å²) in [5.74, 6) is 0.414. The number of aromatic nitrogens is 2. The molecule has 1 fully saturated rings. The number of carbonyl (C=O) groups is 1. The third kappa shape index (κ3) is 5.06. The number of β-amino-alcohol motifs (C(OH)–C–C–N with tert-alkyl or cyclic N) is 1. The molecule has 5 rings (SSSR count). The molecule has 2 atom stereocenters. The highest BCUT2D eigenvalue weighted by Gasteiger charge is 2.28. The third-order valence-corrected chi connectivity index (χ3v) is 6.55. The summed E-state index contributed by atoms with van der Waals surface area (Å²) in [5, 5.41) is 16.1. The molecule has 0 radical (unpaired) electrons. The molecule has 0 aliphatic carbocycles. The first kappa shape index (κ1) is 23.1. The minimum absolute atomic E-state index is 0.150. The zero-order valence-electron chi connectivity index (χ0n) is 20.0. The van der Waals surface area contributed by atoms with Crippen LogP contribution in [0.2, 0.25) is 0 Å². The lowest BCUT2D eigenvalue weighted by molar-refractivity contribution is 0.0461. The van der Waals surface area contributed by atoms with Crippen molar-refractivity contribution in [2.45, 2.75) is 32.0 Å². The zero-order valence-corrected chi connectivity index (χ0v) is 20.0. The number of aliphatic hydroxyl groups excluding tert-OH is 1. The van der Waals surface area contributed by atoms with Gasteiger partial charge in [-0.1, -0.05) is 42.5 Å². The number of aryl methyl sites for hydroxylation is 1. The molecule has 1 aromatic heterocycles. The average molecular weight is 471 g/mol. The minimum atomic E-state index is -0.495. The number of rotatable bonds is 6. The maximum Gasteiger partial charge on any atom is 0.251 e. The molecule has 35 heavy (non-hydrogen) atoms. The third-order valence-electron chi connectivity index (χ3n) is 6.55. The first-order chi connectivity index (χ1) is 17.0. The molecule has 2 N–H and O–H groups in total. The van der Waals surface area contributed by atoms with Crippen molar-refractivity contribution >= 4 is 16.7 Å². The van der Waals surface area contributed by atoms with Crippen LogP contribution in [0.5, 0.6) is 5.75 Å². The highest BCUT2D eigenvalue weighted by Crippen LogP contribution is 2.25. The van der Waals surface area contributed by atoms with Crippen LogP contribution >= 0.6 is 0 Å². The molecule has 1 saturated heterocycles. The number of benzene rings is 3. The molecule has 3 aromatic carbocycles. The highest BCUT2D eigenvalue weighted by molar-refractivity contribution is 5.95. The van der Waals surface area contributed by atoms with E-state index in [1.54, 1.807) is 25.6 Å². The number of ether oxygens (including phenoxy) is 1. The Morgan fingerprint density at radius 1 is 1.14 bits per heavy atom. The Morgan fingerprint density at radius 2 is 1.97 bits per heavy atom. The topological polar surface area (TPSA) is 79.6 Å². The Balaban J connectivity index is 1.29. The van der Waals surface area contributed by atoms with E-state index in [2.05, 4.69) is 45.5 Å². The molecule has 0 saturated carbocycles. The fourth-order valence-electron chi connectivity index (χ4n) is 4.92. The van der Waals surface area contributed by atoms with E-state index in [0.717, 1.165) is 17.9 Å². The van der Waals surface area contributed by atoms with Gasteiger partial charge in [0.15, 0.2) is 0 Å². The summed E-state index contributed by atoms with van der Waals surface area (Å²) < 4.78 is 7.42. The van der Waals surface area contributed by atoms with Crippen LogP contribution in [0.1, 0.15) is 28.0 Å². The summed E-state index contributed by atoms with van der Waals surface area (Å²) in [4.78, 5) is 19.6. The molecule has 4 aromatic rings. The molecule has 1 aliphatic heterocycles. The molecular formula is C28H30N4O3. The Labute approximate surface area is 205 Å². The molecule has 1 aliphatic rings. The lowest BCUT2D eigenvalue weighted by Gasteiger charge is -2.36. The second-order valence-electron chi connectivity index (χ2n) is 9.20. The molecule has 2 heterocycles. The van der Waals surface area contributed by atoms with Gasteiger partial charge in [0.05, 0.1) is 30.9 Å². The number of aliphatic hydroxyl groups is 1. The normalized spacial score (nSPS) is 18.5. The van der Waals surface area contributed by atoms with E-state index in [1.807, 2.05) is 35.9 Å². The maximum atomic E-state index is 13.1. The molecule has 0 bridgehead atoms. The quantitative estimate of drug-likeness (QED) is 0.449. The average Bonchev–Trinajstić information content (AvgIpc) is 3.29. The van der Waals surface area contributed by atoms with Crippen LogP contribution in [-0.4, -0.2) is 57.8 Å². The number of likely N-dealkylation sites (tertiary alicyclic amines) is 1. The van der Waals surface area contributed by atoms with Crippen molar-refractivity contribution in [2.75, 3.05) is 20.2 Å². The summed E-state index contributed by atoms with van der Waals surface area (Å²) in [6, 6.07) is 19.9. The predicted octanol–water partition coefficient (Wildman–Crippen LogP) is 3.71. The minimum Gasteiger partial charge on any atom is -0.495 e. The number of amides is 1. The fraction of sp³-hybridized carbons (Fsp3) is 0.286. The zero-order chi connectivity index (χ0) is 24.4. The Bertz CT molecular complexity index is 1340. The van der Waals surface area contributed by atoms with Crippen molar-refractivity contribution in [3.63, 3.8) is 0 Å². The number of hydrogen-bond donors (Lipinski definition) is 2. The van der Waals surface area contributed by atoms with E-state index in [-0.39, 0.29) is 11.9 Å². The van der Waals surface area contributed by atoms with Gasteiger partial charge in [-0.2, -0.15) is 0 Å². The van der Waals surface area contributed by atoms with Gasteiger partial charge in [0, 0.05) is 37.4 Å². The second-order valence-corrected chi connectivity index (χ2v) is 9.20. The SMILES string of the molecule is COc1cc(C(=O)NC2CC(O)CN(Cc3cccc4ccccc34)C2)ccc1-n1cnc(C)c1. The van der Waals surface area contributed by atoms with Crippen molar-refractivity contribution in [3.8, 4) is 11.4 Å². The Kier molecular flexibility index (Phi) is 6.53. The standard InChI is InChI=1S/C28H30N4O3/c1-19-14-32(18-29-19)26-11-10-21(12-27(26)35-2)28(34)30-23-13-24(33)17-31(16-23)15-22-8-5-7-20-6-3-4-9-25(20)22/h3-12,14,18,23-24,33H,13,15-17H2,1-2H3,(H,30,34). The molecule has 180 valence electrons. The van der Waals surface area contributed by atoms with Crippen LogP contribution in [0.3, 0.4) is 0 Å². The van der Waals surface area contributed by atoms with Gasteiger partial charge in [-0.3, -0.25) is 9.69 Å². The fourth-order valence-corrected chi connectivity index (χ4v) is 4.92. The molecular weight excluding hydrogens is 440 g/mol. The van der Waals surface area contributed by atoms with Gasteiger partial charge in [-0.25, -0.2) is 4.98 Å². The van der Waals surface area contributed by atoms with Gasteiger partial charge in [0.1, 0.15) is 5.75 Å². The van der Waals surface area contributed by atoms with E-state index in [1.165, 1.54) is 16.3 Å². The smallest absolute Gasteiger partial charge is 0.251 e. The largest absolute Gasteiger partial charge is 0.495 e. The van der Waals surface area contributed by atoms with Gasteiger partial charge in [-0.15, -0.1) is 0 Å². The maximum absolute atomic E-state index is 13.1. The lowest BCUT2D eigenvalue weighted by Crippen LogP contribution is -2.52. The van der Waals surface area contributed by atoms with Gasteiger partial charge in [-0.05, 0) is 47.9 Å². The van der Waals surface area contributed by atoms with Crippen molar-refractivity contribution in [1.29, 1.82) is 0 Å². The molecule has 1 amide bonds. The first-order valence-corrected chi connectivity index (χ1v) is 11.9. The first-order valence-electron chi connectivity index (χ1n) is 11.9.